The third-order valence-corrected chi connectivity index (χ3v) is 7.03. The van der Waals surface area contributed by atoms with Crippen molar-refractivity contribution in [2.75, 3.05) is 6.61 Å². The molecule has 0 aromatic heterocycles. The molecule has 0 saturated heterocycles. The molecule has 2 aromatic carbocycles. The molecule has 0 heterocycles. The molecule has 0 bridgehead atoms. The van der Waals surface area contributed by atoms with E-state index in [-0.39, 0.29) is 36.8 Å². The first-order valence-electron chi connectivity index (χ1n) is 12.1. The van der Waals surface area contributed by atoms with Crippen molar-refractivity contribution in [3.63, 3.8) is 0 Å². The van der Waals surface area contributed by atoms with Crippen molar-refractivity contribution in [2.45, 2.75) is 63.5 Å². The zero-order chi connectivity index (χ0) is 24.1. The van der Waals surface area contributed by atoms with Crippen LogP contribution in [-0.4, -0.2) is 41.8 Å². The van der Waals surface area contributed by atoms with E-state index in [1.54, 1.807) is 0 Å². The number of amides is 2. The lowest BCUT2D eigenvalue weighted by Crippen LogP contribution is -2.52. The molecule has 3 atom stereocenters. The molecule has 2 aliphatic rings. The Morgan fingerprint density at radius 3 is 2.24 bits per heavy atom. The largest absolute Gasteiger partial charge is 0.481 e. The molecular formula is C27H32N2O5. The van der Waals surface area contributed by atoms with Crippen molar-refractivity contribution >= 4 is 18.0 Å². The quantitative estimate of drug-likeness (QED) is 0.535. The average molecular weight is 465 g/mol. The van der Waals surface area contributed by atoms with E-state index in [1.165, 1.54) is 0 Å². The van der Waals surface area contributed by atoms with Gasteiger partial charge in [-0.15, -0.1) is 0 Å². The second kappa shape index (κ2) is 10.7. The monoisotopic (exact) mass is 464 g/mol. The van der Waals surface area contributed by atoms with Crippen molar-refractivity contribution in [3.05, 3.63) is 59.7 Å². The highest BCUT2D eigenvalue weighted by molar-refractivity contribution is 5.86. The maximum atomic E-state index is 12.9. The fraction of sp³-hybridized carbons (Fsp3) is 0.444. The van der Waals surface area contributed by atoms with Crippen LogP contribution in [-0.2, 0) is 14.3 Å². The number of fused-ring (bicyclic) bond motifs is 3. The van der Waals surface area contributed by atoms with Crippen LogP contribution >= 0.6 is 0 Å². The van der Waals surface area contributed by atoms with Crippen LogP contribution in [0, 0.1) is 5.92 Å². The van der Waals surface area contributed by atoms with E-state index in [4.69, 9.17) is 4.74 Å². The maximum Gasteiger partial charge on any atom is 0.407 e. The Morgan fingerprint density at radius 2 is 1.62 bits per heavy atom. The SMILES string of the molecule is CC[C@@H](NC(=O)OCC1c2ccccc2-c2ccccc21)C(=O)N[C@H]1CCCC[C@H]1CC(=O)O. The summed E-state index contributed by atoms with van der Waals surface area (Å²) >= 11 is 0. The Morgan fingerprint density at radius 1 is 1.00 bits per heavy atom. The number of alkyl carbamates (subject to hydrolysis) is 1. The zero-order valence-corrected chi connectivity index (χ0v) is 19.5. The number of carboxylic acid groups (broad SMARTS) is 1. The van der Waals surface area contributed by atoms with Crippen molar-refractivity contribution in [1.29, 1.82) is 0 Å². The molecule has 0 radical (unpaired) electrons. The number of benzene rings is 2. The van der Waals surface area contributed by atoms with Gasteiger partial charge in [0.05, 0.1) is 6.42 Å². The Kier molecular flexibility index (Phi) is 7.50. The minimum Gasteiger partial charge on any atom is -0.481 e. The van der Waals surface area contributed by atoms with Gasteiger partial charge in [0, 0.05) is 12.0 Å². The Labute approximate surface area is 199 Å². The molecule has 180 valence electrons. The first-order chi connectivity index (χ1) is 16.5. The molecule has 7 nitrogen and oxygen atoms in total. The summed E-state index contributed by atoms with van der Waals surface area (Å²) in [7, 11) is 0. The van der Waals surface area contributed by atoms with E-state index >= 15 is 0 Å². The third kappa shape index (κ3) is 5.24. The normalized spacial score (nSPS) is 20.0. The van der Waals surface area contributed by atoms with Gasteiger partial charge < -0.3 is 20.5 Å². The molecule has 0 spiro atoms. The van der Waals surface area contributed by atoms with E-state index < -0.39 is 18.1 Å². The highest BCUT2D eigenvalue weighted by atomic mass is 16.5. The van der Waals surface area contributed by atoms with Crippen LogP contribution in [0.25, 0.3) is 11.1 Å². The molecule has 0 aliphatic heterocycles. The number of hydrogen-bond acceptors (Lipinski definition) is 4. The summed E-state index contributed by atoms with van der Waals surface area (Å²) in [5, 5.41) is 14.9. The number of ether oxygens (including phenoxy) is 1. The minimum absolute atomic E-state index is 0.0432. The van der Waals surface area contributed by atoms with Gasteiger partial charge >= 0.3 is 12.1 Å². The predicted octanol–water partition coefficient (Wildman–Crippen LogP) is 4.45. The molecule has 1 saturated carbocycles. The highest BCUT2D eigenvalue weighted by Gasteiger charge is 2.32. The lowest BCUT2D eigenvalue weighted by atomic mass is 9.82. The lowest BCUT2D eigenvalue weighted by molar-refractivity contribution is -0.139. The molecule has 3 N–H and O–H groups in total. The van der Waals surface area contributed by atoms with Crippen molar-refractivity contribution in [3.8, 4) is 11.1 Å². The second-order valence-electron chi connectivity index (χ2n) is 9.19. The fourth-order valence-electron chi connectivity index (χ4n) is 5.28. The average Bonchev–Trinajstić information content (AvgIpc) is 3.16. The van der Waals surface area contributed by atoms with Gasteiger partial charge in [-0.3, -0.25) is 9.59 Å². The van der Waals surface area contributed by atoms with Crippen LogP contribution < -0.4 is 10.6 Å². The van der Waals surface area contributed by atoms with Gasteiger partial charge in [-0.1, -0.05) is 68.3 Å². The number of carbonyl (C=O) groups excluding carboxylic acids is 2. The van der Waals surface area contributed by atoms with Crippen LogP contribution in [0.1, 0.15) is 62.5 Å². The van der Waals surface area contributed by atoms with Crippen LogP contribution in [0.2, 0.25) is 0 Å². The van der Waals surface area contributed by atoms with Gasteiger partial charge in [0.2, 0.25) is 5.91 Å². The maximum absolute atomic E-state index is 12.9. The van der Waals surface area contributed by atoms with E-state index in [2.05, 4.69) is 34.9 Å². The number of carbonyl (C=O) groups is 3. The number of carboxylic acids is 1. The Hall–Kier alpha value is -3.35. The Balaban J connectivity index is 1.35. The van der Waals surface area contributed by atoms with Gasteiger partial charge in [0.25, 0.3) is 0 Å². The number of nitrogens with one attached hydrogen (secondary N) is 2. The lowest BCUT2D eigenvalue weighted by Gasteiger charge is -2.32. The number of hydrogen-bond donors (Lipinski definition) is 3. The standard InChI is InChI=1S/C27H32N2O5/c1-2-23(26(32)28-24-14-8-3-9-17(24)15-25(30)31)29-27(33)34-16-22-20-12-6-4-10-18(20)19-11-5-7-13-21(19)22/h4-7,10-13,17,22-24H,2-3,8-9,14-16H2,1H3,(H,28,32)(H,29,33)(H,30,31)/t17-,23+,24-/m0/s1. The summed E-state index contributed by atoms with van der Waals surface area (Å²) in [5.41, 5.74) is 4.56. The van der Waals surface area contributed by atoms with Gasteiger partial charge in [0.15, 0.2) is 0 Å². The third-order valence-electron chi connectivity index (χ3n) is 7.03. The zero-order valence-electron chi connectivity index (χ0n) is 19.5. The molecule has 34 heavy (non-hydrogen) atoms. The van der Waals surface area contributed by atoms with Gasteiger partial charge in [0.1, 0.15) is 12.6 Å². The molecule has 2 aromatic rings. The first-order valence-corrected chi connectivity index (χ1v) is 12.1. The molecule has 1 fully saturated rings. The molecule has 7 heteroatoms. The summed E-state index contributed by atoms with van der Waals surface area (Å²) in [6.07, 6.45) is 3.29. The van der Waals surface area contributed by atoms with Crippen LogP contribution in [0.5, 0.6) is 0 Å². The van der Waals surface area contributed by atoms with Gasteiger partial charge in [-0.2, -0.15) is 0 Å². The summed E-state index contributed by atoms with van der Waals surface area (Å²) in [6, 6.07) is 15.3. The van der Waals surface area contributed by atoms with E-state index in [0.29, 0.717) is 6.42 Å². The van der Waals surface area contributed by atoms with Crippen molar-refractivity contribution in [1.82, 2.24) is 10.6 Å². The second-order valence-corrected chi connectivity index (χ2v) is 9.19. The van der Waals surface area contributed by atoms with Crippen molar-refractivity contribution in [2.24, 2.45) is 5.92 Å². The molecule has 4 rings (SSSR count). The summed E-state index contributed by atoms with van der Waals surface area (Å²) in [6.45, 7) is 2.00. The van der Waals surface area contributed by atoms with Gasteiger partial charge in [-0.25, -0.2) is 4.79 Å². The molecule has 0 unspecified atom stereocenters. The molecular weight excluding hydrogens is 432 g/mol. The highest BCUT2D eigenvalue weighted by Crippen LogP contribution is 2.44. The van der Waals surface area contributed by atoms with Crippen molar-refractivity contribution < 1.29 is 24.2 Å². The summed E-state index contributed by atoms with van der Waals surface area (Å²) in [4.78, 5) is 36.7. The fourth-order valence-corrected chi connectivity index (χ4v) is 5.28. The van der Waals surface area contributed by atoms with Crippen LogP contribution in [0.3, 0.4) is 0 Å². The molecule has 2 amide bonds. The minimum atomic E-state index is -0.852. The van der Waals surface area contributed by atoms with E-state index in [0.717, 1.165) is 47.9 Å². The molecule has 2 aliphatic carbocycles. The number of aliphatic carboxylic acids is 1. The topological polar surface area (TPSA) is 105 Å². The van der Waals surface area contributed by atoms with Gasteiger partial charge in [-0.05, 0) is 47.4 Å². The van der Waals surface area contributed by atoms with E-state index in [9.17, 15) is 19.5 Å². The first kappa shape index (κ1) is 23.8. The predicted molar refractivity (Wildman–Crippen MR) is 128 cm³/mol. The smallest absolute Gasteiger partial charge is 0.407 e. The van der Waals surface area contributed by atoms with Crippen LogP contribution in [0.4, 0.5) is 4.79 Å². The summed E-state index contributed by atoms with van der Waals surface area (Å²) < 4.78 is 5.58. The Bertz CT molecular complexity index is 1010. The summed E-state index contributed by atoms with van der Waals surface area (Å²) in [5.74, 6) is -1.28. The number of rotatable bonds is 8. The van der Waals surface area contributed by atoms with E-state index in [1.807, 2.05) is 31.2 Å². The van der Waals surface area contributed by atoms with Crippen LogP contribution in [0.15, 0.2) is 48.5 Å².